The molecule has 19 heavy (non-hydrogen) atoms. The van der Waals surface area contributed by atoms with Gasteiger partial charge in [0.15, 0.2) is 11.6 Å². The summed E-state index contributed by atoms with van der Waals surface area (Å²) in [5.41, 5.74) is -2.15. The zero-order valence-electron chi connectivity index (χ0n) is 11.8. The van der Waals surface area contributed by atoms with Crippen molar-refractivity contribution < 1.29 is 23.6 Å². The van der Waals surface area contributed by atoms with E-state index in [1.54, 1.807) is 13.8 Å². The van der Waals surface area contributed by atoms with Crippen LogP contribution in [0.3, 0.4) is 0 Å². The Morgan fingerprint density at radius 3 is 2.16 bits per heavy atom. The summed E-state index contributed by atoms with van der Waals surface area (Å²) in [6.45, 7) is 7.64. The van der Waals surface area contributed by atoms with Gasteiger partial charge in [-0.15, -0.1) is 0 Å². The molecular weight excluding hydrogens is 253 g/mol. The van der Waals surface area contributed by atoms with Crippen molar-refractivity contribution in [1.29, 1.82) is 0 Å². The van der Waals surface area contributed by atoms with E-state index in [-0.39, 0.29) is 11.0 Å². The van der Waals surface area contributed by atoms with Crippen LogP contribution >= 0.6 is 0 Å². The van der Waals surface area contributed by atoms with Crippen LogP contribution in [0.15, 0.2) is 12.1 Å². The Labute approximate surface area is 112 Å². The zero-order valence-corrected chi connectivity index (χ0v) is 11.8. The van der Waals surface area contributed by atoms with Gasteiger partial charge in [-0.25, -0.2) is 8.78 Å². The third-order valence-corrected chi connectivity index (χ3v) is 3.53. The minimum Gasteiger partial charge on any atom is -0.423 e. The van der Waals surface area contributed by atoms with E-state index in [9.17, 15) is 18.9 Å². The van der Waals surface area contributed by atoms with Crippen LogP contribution in [0.5, 0.6) is 0 Å². The Morgan fingerprint density at radius 1 is 1.16 bits per heavy atom. The van der Waals surface area contributed by atoms with Crippen molar-refractivity contribution in [3.8, 4) is 0 Å². The minimum atomic E-state index is -1.45. The normalized spacial score (nSPS) is 12.7. The van der Waals surface area contributed by atoms with Gasteiger partial charge in [0.05, 0.1) is 11.2 Å². The largest absolute Gasteiger partial charge is 0.492 e. The SMILES string of the molecule is Cc1c(B(O)OC(C)(C)C(C)(C)O)ccc(F)c1F. The van der Waals surface area contributed by atoms with E-state index in [4.69, 9.17) is 4.65 Å². The molecule has 0 heterocycles. The first-order chi connectivity index (χ1) is 8.47. The first-order valence-electron chi connectivity index (χ1n) is 6.00. The quantitative estimate of drug-likeness (QED) is 0.817. The molecule has 0 spiro atoms. The smallest absolute Gasteiger partial charge is 0.423 e. The highest BCUT2D eigenvalue weighted by atomic mass is 19.2. The molecule has 2 N–H and O–H groups in total. The van der Waals surface area contributed by atoms with Crippen molar-refractivity contribution in [3.05, 3.63) is 29.3 Å². The Kier molecular flexibility index (Phi) is 4.39. The third-order valence-electron chi connectivity index (χ3n) is 3.53. The van der Waals surface area contributed by atoms with Crippen LogP contribution in [0.4, 0.5) is 8.78 Å². The van der Waals surface area contributed by atoms with Gasteiger partial charge in [0.25, 0.3) is 0 Å². The molecular formula is C13H19BF2O3. The van der Waals surface area contributed by atoms with Gasteiger partial charge in [-0.2, -0.15) is 0 Å². The highest BCUT2D eigenvalue weighted by Gasteiger charge is 2.40. The standard InChI is InChI=1S/C13H19BF2O3/c1-8-9(6-7-10(15)11(8)16)14(18)19-13(4,5)12(2,3)17/h6-7,17-18H,1-5H3. The van der Waals surface area contributed by atoms with E-state index in [0.29, 0.717) is 0 Å². The first-order valence-corrected chi connectivity index (χ1v) is 6.00. The first kappa shape index (κ1) is 16.1. The van der Waals surface area contributed by atoms with Crippen molar-refractivity contribution >= 4 is 12.6 Å². The van der Waals surface area contributed by atoms with Crippen LogP contribution in [-0.4, -0.2) is 28.5 Å². The average molecular weight is 272 g/mol. The maximum Gasteiger partial charge on any atom is 0.492 e. The average Bonchev–Trinajstić information content (AvgIpc) is 2.23. The summed E-state index contributed by atoms with van der Waals surface area (Å²) in [7, 11) is -1.45. The second-order valence-electron chi connectivity index (χ2n) is 5.62. The lowest BCUT2D eigenvalue weighted by atomic mass is 9.74. The van der Waals surface area contributed by atoms with Crippen LogP contribution in [0.25, 0.3) is 0 Å². The molecule has 0 bridgehead atoms. The summed E-state index contributed by atoms with van der Waals surface area (Å²) in [4.78, 5) is 0. The molecule has 0 aromatic heterocycles. The predicted octanol–water partition coefficient (Wildman–Crippen LogP) is 1.53. The van der Waals surface area contributed by atoms with Crippen molar-refractivity contribution in [2.45, 2.75) is 45.8 Å². The Hall–Kier alpha value is -0.975. The molecule has 0 fully saturated rings. The van der Waals surface area contributed by atoms with E-state index in [1.165, 1.54) is 26.8 Å². The Morgan fingerprint density at radius 2 is 1.68 bits per heavy atom. The molecule has 1 aromatic carbocycles. The van der Waals surface area contributed by atoms with Crippen molar-refractivity contribution in [3.63, 3.8) is 0 Å². The lowest BCUT2D eigenvalue weighted by Crippen LogP contribution is -2.53. The molecule has 0 unspecified atom stereocenters. The summed E-state index contributed by atoms with van der Waals surface area (Å²) in [6, 6.07) is 2.19. The summed E-state index contributed by atoms with van der Waals surface area (Å²) >= 11 is 0. The molecule has 0 saturated carbocycles. The van der Waals surface area contributed by atoms with Crippen LogP contribution in [0, 0.1) is 18.6 Å². The van der Waals surface area contributed by atoms with Crippen molar-refractivity contribution in [2.24, 2.45) is 0 Å². The second kappa shape index (κ2) is 5.19. The molecule has 106 valence electrons. The number of hydrogen-bond acceptors (Lipinski definition) is 3. The lowest BCUT2D eigenvalue weighted by molar-refractivity contribution is -0.0982. The zero-order chi connectivity index (χ0) is 15.0. The van der Waals surface area contributed by atoms with Gasteiger partial charge in [-0.3, -0.25) is 0 Å². The molecule has 6 heteroatoms. The molecule has 0 saturated heterocycles. The van der Waals surface area contributed by atoms with Crippen LogP contribution in [-0.2, 0) is 4.65 Å². The van der Waals surface area contributed by atoms with Crippen LogP contribution < -0.4 is 5.46 Å². The molecule has 0 aliphatic carbocycles. The van der Waals surface area contributed by atoms with Gasteiger partial charge >= 0.3 is 7.12 Å². The molecule has 0 radical (unpaired) electrons. The molecule has 3 nitrogen and oxygen atoms in total. The summed E-state index contributed by atoms with van der Waals surface area (Å²) in [5.74, 6) is -1.99. The van der Waals surface area contributed by atoms with Gasteiger partial charge in [-0.05, 0) is 51.7 Å². The van der Waals surface area contributed by atoms with Crippen LogP contribution in [0.1, 0.15) is 33.3 Å². The fourth-order valence-corrected chi connectivity index (χ4v) is 1.42. The number of rotatable bonds is 4. The number of hydrogen-bond donors (Lipinski definition) is 2. The van der Waals surface area contributed by atoms with Gasteiger partial charge in [0.1, 0.15) is 0 Å². The van der Waals surface area contributed by atoms with Crippen molar-refractivity contribution in [2.75, 3.05) is 0 Å². The third kappa shape index (κ3) is 3.32. The summed E-state index contributed by atoms with van der Waals surface area (Å²) in [6.07, 6.45) is 0. The van der Waals surface area contributed by atoms with E-state index in [2.05, 4.69) is 0 Å². The van der Waals surface area contributed by atoms with E-state index >= 15 is 0 Å². The highest BCUT2D eigenvalue weighted by molar-refractivity contribution is 6.60. The van der Waals surface area contributed by atoms with Gasteiger partial charge in [0, 0.05) is 0 Å². The molecule has 1 aromatic rings. The topological polar surface area (TPSA) is 49.7 Å². The molecule has 0 aliphatic heterocycles. The predicted molar refractivity (Wildman–Crippen MR) is 70.2 cm³/mol. The summed E-state index contributed by atoms with van der Waals surface area (Å²) in [5, 5.41) is 19.9. The van der Waals surface area contributed by atoms with Crippen molar-refractivity contribution in [1.82, 2.24) is 0 Å². The number of benzene rings is 1. The maximum absolute atomic E-state index is 13.4. The minimum absolute atomic E-state index is 0.0148. The van der Waals surface area contributed by atoms with Crippen LogP contribution in [0.2, 0.25) is 0 Å². The fraction of sp³-hybridized carbons (Fsp3) is 0.538. The van der Waals surface area contributed by atoms with E-state index in [0.717, 1.165) is 6.07 Å². The second-order valence-corrected chi connectivity index (χ2v) is 5.62. The fourth-order valence-electron chi connectivity index (χ4n) is 1.42. The van der Waals surface area contributed by atoms with Gasteiger partial charge < -0.3 is 14.8 Å². The van der Waals surface area contributed by atoms with E-state index < -0.39 is 30.0 Å². The molecule has 1 rings (SSSR count). The monoisotopic (exact) mass is 272 g/mol. The number of halogens is 2. The lowest BCUT2D eigenvalue weighted by Gasteiger charge is -2.38. The Balaban J connectivity index is 3.03. The molecule has 0 amide bonds. The number of aliphatic hydroxyl groups is 1. The maximum atomic E-state index is 13.4. The molecule has 0 atom stereocenters. The van der Waals surface area contributed by atoms with E-state index in [1.807, 2.05) is 0 Å². The molecule has 0 aliphatic rings. The van der Waals surface area contributed by atoms with Gasteiger partial charge in [0.2, 0.25) is 0 Å². The Bertz CT molecular complexity index is 470. The summed E-state index contributed by atoms with van der Waals surface area (Å²) < 4.78 is 31.8. The van der Waals surface area contributed by atoms with Gasteiger partial charge in [-0.1, -0.05) is 6.07 Å². The highest BCUT2D eigenvalue weighted by Crippen LogP contribution is 2.25.